The topological polar surface area (TPSA) is 68.0 Å². The molecule has 0 saturated heterocycles. The Bertz CT molecular complexity index is 282. The molecule has 0 aliphatic carbocycles. The second-order valence-corrected chi connectivity index (χ2v) is 3.76. The summed E-state index contributed by atoms with van der Waals surface area (Å²) in [6.07, 6.45) is 1.49. The quantitative estimate of drug-likeness (QED) is 0.718. The molecule has 0 aliphatic rings. The van der Waals surface area contributed by atoms with E-state index in [2.05, 4.69) is 10.3 Å². The van der Waals surface area contributed by atoms with Crippen molar-refractivity contribution in [1.29, 1.82) is 0 Å². The highest BCUT2D eigenvalue weighted by Crippen LogP contribution is 2.13. The van der Waals surface area contributed by atoms with E-state index in [1.807, 2.05) is 13.8 Å². The van der Waals surface area contributed by atoms with Crippen LogP contribution in [0.5, 0.6) is 0 Å². The highest BCUT2D eigenvalue weighted by molar-refractivity contribution is 7.17. The number of nitrogens with zero attached hydrogens (tertiary/aromatic N) is 1. The summed E-state index contributed by atoms with van der Waals surface area (Å²) < 4.78 is 0. The molecule has 0 fully saturated rings. The molecular formula is C7H11N3OS. The lowest BCUT2D eigenvalue weighted by Gasteiger charge is -2.04. The number of hydrogen-bond donors (Lipinski definition) is 2. The maximum Gasteiger partial charge on any atom is 0.280 e. The van der Waals surface area contributed by atoms with Crippen molar-refractivity contribution in [3.05, 3.63) is 11.2 Å². The molecule has 0 unspecified atom stereocenters. The van der Waals surface area contributed by atoms with Gasteiger partial charge in [-0.1, -0.05) is 11.3 Å². The Morgan fingerprint density at radius 2 is 2.42 bits per heavy atom. The van der Waals surface area contributed by atoms with Crippen molar-refractivity contribution in [2.24, 2.45) is 0 Å². The maximum atomic E-state index is 11.2. The van der Waals surface area contributed by atoms with Crippen LogP contribution in [-0.2, 0) is 0 Å². The van der Waals surface area contributed by atoms with Gasteiger partial charge in [0.2, 0.25) is 0 Å². The highest BCUT2D eigenvalue weighted by atomic mass is 32.1. The molecule has 3 N–H and O–H groups in total. The van der Waals surface area contributed by atoms with Crippen molar-refractivity contribution in [2.75, 3.05) is 5.73 Å². The van der Waals surface area contributed by atoms with Gasteiger partial charge in [-0.3, -0.25) is 4.79 Å². The summed E-state index contributed by atoms with van der Waals surface area (Å²) >= 11 is 1.19. The zero-order valence-electron chi connectivity index (χ0n) is 7.00. The number of rotatable bonds is 2. The van der Waals surface area contributed by atoms with Gasteiger partial charge >= 0.3 is 0 Å². The normalized spacial score (nSPS) is 10.2. The minimum atomic E-state index is -0.160. The van der Waals surface area contributed by atoms with Gasteiger partial charge in [-0.25, -0.2) is 4.98 Å². The van der Waals surface area contributed by atoms with Crippen molar-refractivity contribution in [1.82, 2.24) is 10.3 Å². The first-order chi connectivity index (χ1) is 5.59. The average Bonchev–Trinajstić information content (AvgIpc) is 2.34. The fraction of sp³-hybridized carbons (Fsp3) is 0.429. The first-order valence-corrected chi connectivity index (χ1v) is 4.43. The molecular weight excluding hydrogens is 174 g/mol. The van der Waals surface area contributed by atoms with Crippen LogP contribution in [0.4, 0.5) is 5.00 Å². The van der Waals surface area contributed by atoms with Gasteiger partial charge in [0.25, 0.3) is 5.91 Å². The van der Waals surface area contributed by atoms with E-state index in [1.54, 1.807) is 0 Å². The molecule has 0 aliphatic heterocycles. The van der Waals surface area contributed by atoms with Crippen LogP contribution in [0, 0.1) is 0 Å². The largest absolute Gasteiger partial charge is 0.389 e. The van der Waals surface area contributed by atoms with Crippen LogP contribution in [0.2, 0.25) is 0 Å². The van der Waals surface area contributed by atoms with Crippen molar-refractivity contribution in [3.63, 3.8) is 0 Å². The van der Waals surface area contributed by atoms with Gasteiger partial charge in [-0.2, -0.15) is 0 Å². The molecule has 0 bridgehead atoms. The number of hydrogen-bond acceptors (Lipinski definition) is 4. The Kier molecular flexibility index (Phi) is 2.65. The van der Waals surface area contributed by atoms with Gasteiger partial charge < -0.3 is 11.1 Å². The number of anilines is 1. The van der Waals surface area contributed by atoms with Gasteiger partial charge in [0.05, 0.1) is 6.20 Å². The molecule has 1 aromatic rings. The zero-order valence-corrected chi connectivity index (χ0v) is 7.81. The molecule has 0 saturated carbocycles. The van der Waals surface area contributed by atoms with Crippen LogP contribution in [0.1, 0.15) is 23.6 Å². The fourth-order valence-electron chi connectivity index (χ4n) is 0.715. The van der Waals surface area contributed by atoms with Gasteiger partial charge in [0.1, 0.15) is 5.00 Å². The molecule has 0 spiro atoms. The lowest BCUT2D eigenvalue weighted by atomic mass is 10.4. The molecule has 12 heavy (non-hydrogen) atoms. The van der Waals surface area contributed by atoms with Crippen molar-refractivity contribution < 1.29 is 4.79 Å². The standard InChI is InChI=1S/C7H11N3OS/c1-4(2)10-6(11)7-9-3-5(8)12-7/h3-4H,8H2,1-2H3,(H,10,11). The number of amides is 1. The molecule has 5 heteroatoms. The van der Waals surface area contributed by atoms with Gasteiger partial charge in [-0.05, 0) is 13.8 Å². The predicted molar refractivity (Wildman–Crippen MR) is 49.1 cm³/mol. The Labute approximate surface area is 74.8 Å². The van der Waals surface area contributed by atoms with E-state index in [9.17, 15) is 4.79 Å². The van der Waals surface area contributed by atoms with Crippen LogP contribution in [-0.4, -0.2) is 16.9 Å². The summed E-state index contributed by atoms with van der Waals surface area (Å²) in [5, 5.41) is 3.70. The van der Waals surface area contributed by atoms with E-state index in [-0.39, 0.29) is 11.9 Å². The number of nitrogens with one attached hydrogen (secondary N) is 1. The molecule has 1 aromatic heterocycles. The van der Waals surface area contributed by atoms with Gasteiger partial charge in [-0.15, -0.1) is 0 Å². The minimum absolute atomic E-state index is 0.127. The summed E-state index contributed by atoms with van der Waals surface area (Å²) in [5.74, 6) is -0.160. The van der Waals surface area contributed by atoms with Crippen LogP contribution < -0.4 is 11.1 Å². The number of thiazole rings is 1. The number of nitrogen functional groups attached to an aromatic ring is 1. The molecule has 4 nitrogen and oxygen atoms in total. The second kappa shape index (κ2) is 3.53. The van der Waals surface area contributed by atoms with E-state index in [0.717, 1.165) is 0 Å². The summed E-state index contributed by atoms with van der Waals surface area (Å²) in [6, 6.07) is 0.127. The molecule has 0 radical (unpaired) electrons. The third-order valence-corrected chi connectivity index (χ3v) is 1.96. The Balaban J connectivity index is 2.65. The van der Waals surface area contributed by atoms with Crippen LogP contribution in [0.25, 0.3) is 0 Å². The van der Waals surface area contributed by atoms with Crippen molar-refractivity contribution >= 4 is 22.2 Å². The Morgan fingerprint density at radius 1 is 1.75 bits per heavy atom. The van der Waals surface area contributed by atoms with Crippen LogP contribution >= 0.6 is 11.3 Å². The van der Waals surface area contributed by atoms with E-state index in [4.69, 9.17) is 5.73 Å². The van der Waals surface area contributed by atoms with E-state index in [0.29, 0.717) is 10.0 Å². The molecule has 1 heterocycles. The summed E-state index contributed by atoms with van der Waals surface area (Å²) in [7, 11) is 0. The molecule has 0 aromatic carbocycles. The van der Waals surface area contributed by atoms with Crippen LogP contribution in [0.3, 0.4) is 0 Å². The summed E-state index contributed by atoms with van der Waals surface area (Å²) in [4.78, 5) is 15.1. The lowest BCUT2D eigenvalue weighted by Crippen LogP contribution is -2.29. The second-order valence-electron chi connectivity index (χ2n) is 2.70. The number of aromatic nitrogens is 1. The average molecular weight is 185 g/mol. The molecule has 1 amide bonds. The van der Waals surface area contributed by atoms with Gasteiger partial charge in [0, 0.05) is 6.04 Å². The lowest BCUT2D eigenvalue weighted by molar-refractivity contribution is 0.0943. The summed E-state index contributed by atoms with van der Waals surface area (Å²) in [5.41, 5.74) is 5.42. The predicted octanol–water partition coefficient (Wildman–Crippen LogP) is 0.863. The minimum Gasteiger partial charge on any atom is -0.389 e. The van der Waals surface area contributed by atoms with E-state index < -0.39 is 0 Å². The molecule has 1 rings (SSSR count). The van der Waals surface area contributed by atoms with E-state index >= 15 is 0 Å². The zero-order chi connectivity index (χ0) is 9.14. The molecule has 0 atom stereocenters. The van der Waals surface area contributed by atoms with Crippen molar-refractivity contribution in [2.45, 2.75) is 19.9 Å². The van der Waals surface area contributed by atoms with Crippen LogP contribution in [0.15, 0.2) is 6.20 Å². The monoisotopic (exact) mass is 185 g/mol. The first kappa shape index (κ1) is 8.99. The fourth-order valence-corrected chi connectivity index (χ4v) is 1.30. The van der Waals surface area contributed by atoms with Gasteiger partial charge in [0.15, 0.2) is 5.01 Å². The SMILES string of the molecule is CC(C)NC(=O)c1ncc(N)s1. The smallest absolute Gasteiger partial charge is 0.280 e. The Hall–Kier alpha value is -1.10. The Morgan fingerprint density at radius 3 is 2.83 bits per heavy atom. The van der Waals surface area contributed by atoms with Crippen molar-refractivity contribution in [3.8, 4) is 0 Å². The third kappa shape index (κ3) is 2.20. The number of nitrogens with two attached hydrogens (primary N) is 1. The number of carbonyl (C=O) groups is 1. The van der Waals surface area contributed by atoms with E-state index in [1.165, 1.54) is 17.5 Å². The first-order valence-electron chi connectivity index (χ1n) is 3.61. The third-order valence-electron chi connectivity index (χ3n) is 1.14. The highest BCUT2D eigenvalue weighted by Gasteiger charge is 2.10. The molecule has 66 valence electrons. The number of carbonyl (C=O) groups excluding carboxylic acids is 1. The summed E-state index contributed by atoms with van der Waals surface area (Å²) in [6.45, 7) is 3.80. The maximum absolute atomic E-state index is 11.2.